The number of alkyl halides is 1. The van der Waals surface area contributed by atoms with E-state index in [0.29, 0.717) is 6.42 Å². The van der Waals surface area contributed by atoms with E-state index in [1.54, 1.807) is 0 Å². The Bertz CT molecular complexity index is 453. The van der Waals surface area contributed by atoms with Crippen molar-refractivity contribution in [3.8, 4) is 0 Å². The summed E-state index contributed by atoms with van der Waals surface area (Å²) in [7, 11) is -3.92. The normalized spacial score (nSPS) is 13.7. The van der Waals surface area contributed by atoms with Gasteiger partial charge >= 0.3 is 0 Å². The SMILES string of the molecule is CCC(Cl)CNS(=O)(=O)c1ncccc1F. The van der Waals surface area contributed by atoms with Gasteiger partial charge in [-0.15, -0.1) is 11.6 Å². The highest BCUT2D eigenvalue weighted by Gasteiger charge is 2.20. The number of halogens is 2. The van der Waals surface area contributed by atoms with Crippen LogP contribution in [0.15, 0.2) is 23.4 Å². The Morgan fingerprint density at radius 1 is 1.62 bits per heavy atom. The highest BCUT2D eigenvalue weighted by Crippen LogP contribution is 2.10. The summed E-state index contributed by atoms with van der Waals surface area (Å²) in [6.07, 6.45) is 1.84. The van der Waals surface area contributed by atoms with Crippen LogP contribution in [0.5, 0.6) is 0 Å². The molecule has 1 atom stereocenters. The number of nitrogens with zero attached hydrogens (tertiary/aromatic N) is 1. The van der Waals surface area contributed by atoms with Crippen molar-refractivity contribution in [2.45, 2.75) is 23.7 Å². The van der Waals surface area contributed by atoms with E-state index < -0.39 is 20.9 Å². The Kier molecular flexibility index (Phi) is 4.64. The molecule has 7 heteroatoms. The molecule has 1 N–H and O–H groups in total. The summed E-state index contributed by atoms with van der Waals surface area (Å²) in [5.74, 6) is -0.877. The minimum atomic E-state index is -3.92. The van der Waals surface area contributed by atoms with Crippen LogP contribution in [0.4, 0.5) is 4.39 Å². The lowest BCUT2D eigenvalue weighted by molar-refractivity contribution is 0.543. The molecule has 0 aliphatic rings. The van der Waals surface area contributed by atoms with Gasteiger partial charge in [-0.2, -0.15) is 0 Å². The zero-order chi connectivity index (χ0) is 12.2. The second-order valence-electron chi connectivity index (χ2n) is 3.15. The molecule has 1 aromatic rings. The largest absolute Gasteiger partial charge is 0.261 e. The van der Waals surface area contributed by atoms with E-state index >= 15 is 0 Å². The molecule has 0 fully saturated rings. The molecular weight excluding hydrogens is 255 g/mol. The first-order valence-corrected chi connectivity index (χ1v) is 6.63. The molecule has 4 nitrogen and oxygen atoms in total. The molecule has 1 aromatic heterocycles. The van der Waals surface area contributed by atoms with Crippen molar-refractivity contribution in [1.82, 2.24) is 9.71 Å². The lowest BCUT2D eigenvalue weighted by Crippen LogP contribution is -2.30. The van der Waals surface area contributed by atoms with Crippen LogP contribution in [0.2, 0.25) is 0 Å². The van der Waals surface area contributed by atoms with Crippen molar-refractivity contribution in [3.63, 3.8) is 0 Å². The predicted molar refractivity (Wildman–Crippen MR) is 59.3 cm³/mol. The maximum absolute atomic E-state index is 13.2. The van der Waals surface area contributed by atoms with Gasteiger partial charge in [0.25, 0.3) is 10.0 Å². The second kappa shape index (κ2) is 5.56. The first-order chi connectivity index (χ1) is 7.47. The average molecular weight is 267 g/mol. The van der Waals surface area contributed by atoms with E-state index in [1.165, 1.54) is 12.3 Å². The molecule has 1 rings (SSSR count). The monoisotopic (exact) mass is 266 g/mol. The van der Waals surface area contributed by atoms with Crippen molar-refractivity contribution >= 4 is 21.6 Å². The highest BCUT2D eigenvalue weighted by atomic mass is 35.5. The Labute approximate surface area is 98.9 Å². The van der Waals surface area contributed by atoms with E-state index in [4.69, 9.17) is 11.6 Å². The first-order valence-electron chi connectivity index (χ1n) is 4.71. The molecule has 0 saturated carbocycles. The fourth-order valence-corrected chi connectivity index (χ4v) is 2.23. The summed E-state index contributed by atoms with van der Waals surface area (Å²) < 4.78 is 38.6. The molecule has 0 aromatic carbocycles. The fourth-order valence-electron chi connectivity index (χ4n) is 0.982. The van der Waals surface area contributed by atoms with E-state index in [9.17, 15) is 12.8 Å². The molecule has 0 radical (unpaired) electrons. The first kappa shape index (κ1) is 13.3. The zero-order valence-electron chi connectivity index (χ0n) is 8.65. The van der Waals surface area contributed by atoms with Crippen molar-refractivity contribution in [2.24, 2.45) is 0 Å². The highest BCUT2D eigenvalue weighted by molar-refractivity contribution is 7.89. The Balaban J connectivity index is 2.83. The van der Waals surface area contributed by atoms with E-state index in [0.717, 1.165) is 6.07 Å². The topological polar surface area (TPSA) is 59.1 Å². The van der Waals surface area contributed by atoms with Gasteiger partial charge in [0.15, 0.2) is 5.82 Å². The molecule has 1 heterocycles. The fraction of sp³-hybridized carbons (Fsp3) is 0.444. The van der Waals surface area contributed by atoms with Gasteiger partial charge in [-0.25, -0.2) is 22.5 Å². The summed E-state index contributed by atoms with van der Waals surface area (Å²) in [6, 6.07) is 2.37. The molecule has 0 aliphatic carbocycles. The van der Waals surface area contributed by atoms with Crippen molar-refractivity contribution < 1.29 is 12.8 Å². The van der Waals surface area contributed by atoms with Gasteiger partial charge in [-0.3, -0.25) is 0 Å². The van der Waals surface area contributed by atoms with Crippen LogP contribution in [0, 0.1) is 5.82 Å². The third-order valence-electron chi connectivity index (χ3n) is 1.92. The summed E-state index contributed by atoms with van der Waals surface area (Å²) in [5.41, 5.74) is 0. The molecule has 1 unspecified atom stereocenters. The van der Waals surface area contributed by atoms with Crippen molar-refractivity contribution in [2.75, 3.05) is 6.54 Å². The van der Waals surface area contributed by atoms with Crippen molar-refractivity contribution in [1.29, 1.82) is 0 Å². The molecule has 0 amide bonds. The molecule has 0 saturated heterocycles. The van der Waals surface area contributed by atoms with Crippen LogP contribution in [-0.4, -0.2) is 25.3 Å². The van der Waals surface area contributed by atoms with Crippen LogP contribution >= 0.6 is 11.6 Å². The quantitative estimate of drug-likeness (QED) is 0.822. The number of nitrogens with one attached hydrogen (secondary N) is 1. The summed E-state index contributed by atoms with van der Waals surface area (Å²) in [6.45, 7) is 1.88. The van der Waals surface area contributed by atoms with Gasteiger partial charge in [0, 0.05) is 18.1 Å². The number of rotatable bonds is 5. The molecule has 90 valence electrons. The Hall–Kier alpha value is -0.720. The lowest BCUT2D eigenvalue weighted by Gasteiger charge is -2.09. The van der Waals surface area contributed by atoms with Gasteiger partial charge in [0.1, 0.15) is 0 Å². The van der Waals surface area contributed by atoms with Gasteiger partial charge in [-0.05, 0) is 18.6 Å². The minimum Gasteiger partial charge on any atom is -0.241 e. The molecule has 0 spiro atoms. The minimum absolute atomic E-state index is 0.0520. The number of pyridine rings is 1. The number of hydrogen-bond acceptors (Lipinski definition) is 3. The molecule has 16 heavy (non-hydrogen) atoms. The third kappa shape index (κ3) is 3.40. The van der Waals surface area contributed by atoms with Crippen LogP contribution in [-0.2, 0) is 10.0 Å². The van der Waals surface area contributed by atoms with Crippen LogP contribution < -0.4 is 4.72 Å². The van der Waals surface area contributed by atoms with Crippen molar-refractivity contribution in [3.05, 3.63) is 24.1 Å². The van der Waals surface area contributed by atoms with E-state index in [1.807, 2.05) is 6.92 Å². The zero-order valence-corrected chi connectivity index (χ0v) is 10.2. The average Bonchev–Trinajstić information content (AvgIpc) is 2.26. The number of aromatic nitrogens is 1. The van der Waals surface area contributed by atoms with Crippen LogP contribution in [0.1, 0.15) is 13.3 Å². The Morgan fingerprint density at radius 3 is 2.88 bits per heavy atom. The van der Waals surface area contributed by atoms with Gasteiger partial charge in [0.05, 0.1) is 0 Å². The number of sulfonamides is 1. The second-order valence-corrected chi connectivity index (χ2v) is 5.45. The summed E-state index contributed by atoms with van der Waals surface area (Å²) in [4.78, 5) is 3.49. The number of hydrogen-bond donors (Lipinski definition) is 1. The molecule has 0 aliphatic heterocycles. The lowest BCUT2D eigenvalue weighted by atomic mass is 10.3. The maximum atomic E-state index is 13.2. The standard InChI is InChI=1S/C9H12ClFN2O2S/c1-2-7(10)6-13-16(14,15)9-8(11)4-3-5-12-9/h3-5,7,13H,2,6H2,1H3. The summed E-state index contributed by atoms with van der Waals surface area (Å²) >= 11 is 5.76. The molecular formula is C9H12ClFN2O2S. The third-order valence-corrected chi connectivity index (χ3v) is 3.74. The van der Waals surface area contributed by atoms with E-state index in [2.05, 4.69) is 9.71 Å². The van der Waals surface area contributed by atoms with Gasteiger partial charge < -0.3 is 0 Å². The molecule has 0 bridgehead atoms. The van der Waals surface area contributed by atoms with Gasteiger partial charge in [-0.1, -0.05) is 6.92 Å². The Morgan fingerprint density at radius 2 is 2.31 bits per heavy atom. The maximum Gasteiger partial charge on any atom is 0.261 e. The van der Waals surface area contributed by atoms with Crippen LogP contribution in [0.25, 0.3) is 0 Å². The predicted octanol–water partition coefficient (Wildman–Crippen LogP) is 1.52. The smallest absolute Gasteiger partial charge is 0.241 e. The van der Waals surface area contributed by atoms with Gasteiger partial charge in [0.2, 0.25) is 5.03 Å². The van der Waals surface area contributed by atoms with Crippen LogP contribution in [0.3, 0.4) is 0 Å². The van der Waals surface area contributed by atoms with E-state index in [-0.39, 0.29) is 11.9 Å². The summed E-state index contributed by atoms with van der Waals surface area (Å²) in [5, 5.41) is -0.920.